The van der Waals surface area contributed by atoms with Gasteiger partial charge in [0.2, 0.25) is 0 Å². The predicted octanol–water partition coefficient (Wildman–Crippen LogP) is 3.61. The van der Waals surface area contributed by atoms with Gasteiger partial charge in [0, 0.05) is 16.3 Å². The smallest absolute Gasteiger partial charge is 0.124 e. The van der Waals surface area contributed by atoms with Gasteiger partial charge in [-0.2, -0.15) is 11.3 Å². The Labute approximate surface area is 83.7 Å². The van der Waals surface area contributed by atoms with Crippen LogP contribution in [0.1, 0.15) is 5.69 Å². The maximum Gasteiger partial charge on any atom is 0.124 e. The van der Waals surface area contributed by atoms with Crippen molar-refractivity contribution in [3.05, 3.63) is 27.9 Å². The van der Waals surface area contributed by atoms with E-state index in [9.17, 15) is 0 Å². The average molecular weight is 216 g/mol. The Morgan fingerprint density at radius 3 is 2.92 bits per heavy atom. The first-order chi connectivity index (χ1) is 5.90. The molecule has 0 N–H and O–H groups in total. The van der Waals surface area contributed by atoms with Crippen LogP contribution in [0.2, 0.25) is 0 Å². The van der Waals surface area contributed by atoms with Crippen molar-refractivity contribution in [2.45, 2.75) is 5.88 Å². The molecule has 1 nitrogen and oxygen atoms in total. The summed E-state index contributed by atoms with van der Waals surface area (Å²) in [6.07, 6.45) is 0. The van der Waals surface area contributed by atoms with Gasteiger partial charge in [0.25, 0.3) is 0 Å². The minimum atomic E-state index is 0.501. The second kappa shape index (κ2) is 3.56. The summed E-state index contributed by atoms with van der Waals surface area (Å²) >= 11 is 8.98. The lowest BCUT2D eigenvalue weighted by atomic mass is 10.4. The van der Waals surface area contributed by atoms with E-state index in [1.54, 1.807) is 22.7 Å². The van der Waals surface area contributed by atoms with Gasteiger partial charge >= 0.3 is 0 Å². The molecule has 0 aliphatic carbocycles. The van der Waals surface area contributed by atoms with Crippen molar-refractivity contribution < 1.29 is 0 Å². The topological polar surface area (TPSA) is 12.9 Å². The Balaban J connectivity index is 2.35. The van der Waals surface area contributed by atoms with Crippen molar-refractivity contribution >= 4 is 34.3 Å². The molecule has 0 unspecified atom stereocenters. The lowest BCUT2D eigenvalue weighted by molar-refractivity contribution is 1.23. The molecule has 0 fully saturated rings. The summed E-state index contributed by atoms with van der Waals surface area (Å²) in [6, 6.07) is 2.07. The molecule has 0 aromatic carbocycles. The molecule has 2 rings (SSSR count). The fourth-order valence-corrected chi connectivity index (χ4v) is 2.65. The van der Waals surface area contributed by atoms with Gasteiger partial charge in [-0.05, 0) is 11.4 Å². The van der Waals surface area contributed by atoms with Crippen molar-refractivity contribution in [3.63, 3.8) is 0 Å². The normalized spacial score (nSPS) is 10.4. The van der Waals surface area contributed by atoms with Crippen LogP contribution in [0.4, 0.5) is 0 Å². The van der Waals surface area contributed by atoms with E-state index in [1.165, 1.54) is 5.56 Å². The molecule has 0 atom stereocenters. The van der Waals surface area contributed by atoms with Crippen molar-refractivity contribution in [1.29, 1.82) is 0 Å². The second-order valence-corrected chi connectivity index (χ2v) is 4.20. The lowest BCUT2D eigenvalue weighted by Gasteiger charge is -1.86. The summed E-state index contributed by atoms with van der Waals surface area (Å²) in [7, 11) is 0. The van der Waals surface area contributed by atoms with Crippen molar-refractivity contribution in [3.8, 4) is 10.6 Å². The van der Waals surface area contributed by atoms with Gasteiger partial charge in [0.05, 0.1) is 11.6 Å². The largest absolute Gasteiger partial charge is 0.240 e. The van der Waals surface area contributed by atoms with E-state index in [1.807, 2.05) is 5.38 Å². The molecular formula is C8H6ClNS2. The maximum atomic E-state index is 5.65. The highest BCUT2D eigenvalue weighted by atomic mass is 35.5. The van der Waals surface area contributed by atoms with Crippen LogP contribution in [-0.2, 0) is 5.88 Å². The third kappa shape index (κ3) is 1.53. The highest BCUT2D eigenvalue weighted by Crippen LogP contribution is 2.25. The molecule has 0 radical (unpaired) electrons. The van der Waals surface area contributed by atoms with Crippen LogP contribution in [-0.4, -0.2) is 4.98 Å². The van der Waals surface area contributed by atoms with Crippen molar-refractivity contribution in [1.82, 2.24) is 4.98 Å². The summed E-state index contributed by atoms with van der Waals surface area (Å²) < 4.78 is 0. The predicted molar refractivity (Wildman–Crippen MR) is 55.0 cm³/mol. The molecule has 0 spiro atoms. The number of rotatable bonds is 2. The monoisotopic (exact) mass is 215 g/mol. The van der Waals surface area contributed by atoms with Gasteiger partial charge < -0.3 is 0 Å². The van der Waals surface area contributed by atoms with E-state index < -0.39 is 0 Å². The zero-order valence-electron chi connectivity index (χ0n) is 6.16. The Bertz CT molecular complexity index is 353. The van der Waals surface area contributed by atoms with E-state index in [0.717, 1.165) is 10.7 Å². The number of hydrogen-bond acceptors (Lipinski definition) is 3. The second-order valence-electron chi connectivity index (χ2n) is 2.29. The molecule has 2 heterocycles. The molecule has 62 valence electrons. The Morgan fingerprint density at radius 2 is 2.33 bits per heavy atom. The number of thiazole rings is 1. The minimum Gasteiger partial charge on any atom is -0.240 e. The van der Waals surface area contributed by atoms with Gasteiger partial charge in [-0.25, -0.2) is 4.98 Å². The third-order valence-corrected chi connectivity index (χ3v) is 3.35. The van der Waals surface area contributed by atoms with Crippen LogP contribution in [0.5, 0.6) is 0 Å². The number of alkyl halides is 1. The Hall–Kier alpha value is -0.380. The Kier molecular flexibility index (Phi) is 2.44. The third-order valence-electron chi connectivity index (χ3n) is 1.46. The average Bonchev–Trinajstić information content (AvgIpc) is 2.75. The van der Waals surface area contributed by atoms with Crippen LogP contribution in [0.25, 0.3) is 10.6 Å². The summed E-state index contributed by atoms with van der Waals surface area (Å²) in [4.78, 5) is 4.36. The van der Waals surface area contributed by atoms with Gasteiger partial charge in [-0.1, -0.05) is 0 Å². The molecule has 0 saturated heterocycles. The molecule has 0 aliphatic rings. The van der Waals surface area contributed by atoms with Crippen LogP contribution in [0.15, 0.2) is 22.2 Å². The zero-order chi connectivity index (χ0) is 8.39. The van der Waals surface area contributed by atoms with E-state index >= 15 is 0 Å². The zero-order valence-corrected chi connectivity index (χ0v) is 8.55. The van der Waals surface area contributed by atoms with Gasteiger partial charge in [-0.3, -0.25) is 0 Å². The van der Waals surface area contributed by atoms with E-state index in [4.69, 9.17) is 11.6 Å². The maximum absolute atomic E-state index is 5.65. The number of aromatic nitrogens is 1. The van der Waals surface area contributed by atoms with Crippen LogP contribution < -0.4 is 0 Å². The first-order valence-corrected chi connectivity index (χ1v) is 5.79. The molecule has 0 saturated carbocycles. The summed E-state index contributed by atoms with van der Waals surface area (Å²) in [5, 5.41) is 7.21. The van der Waals surface area contributed by atoms with Crippen LogP contribution in [0, 0.1) is 0 Å². The van der Waals surface area contributed by atoms with Crippen molar-refractivity contribution in [2.75, 3.05) is 0 Å². The molecular weight excluding hydrogens is 210 g/mol. The highest BCUT2D eigenvalue weighted by Gasteiger charge is 2.03. The highest BCUT2D eigenvalue weighted by molar-refractivity contribution is 7.14. The Morgan fingerprint density at radius 1 is 1.42 bits per heavy atom. The lowest BCUT2D eigenvalue weighted by Crippen LogP contribution is -1.76. The van der Waals surface area contributed by atoms with E-state index in [-0.39, 0.29) is 0 Å². The summed E-state index contributed by atoms with van der Waals surface area (Å²) in [6.45, 7) is 0. The molecule has 0 bridgehead atoms. The van der Waals surface area contributed by atoms with E-state index in [0.29, 0.717) is 5.88 Å². The fraction of sp³-hybridized carbons (Fsp3) is 0.125. The number of thiophene rings is 1. The van der Waals surface area contributed by atoms with Crippen LogP contribution in [0.3, 0.4) is 0 Å². The molecule has 0 amide bonds. The quantitative estimate of drug-likeness (QED) is 0.698. The molecule has 12 heavy (non-hydrogen) atoms. The SMILES string of the molecule is ClCc1csc(-c2ccsc2)n1. The fourth-order valence-electron chi connectivity index (χ4n) is 0.887. The number of hydrogen-bond donors (Lipinski definition) is 0. The summed E-state index contributed by atoms with van der Waals surface area (Å²) in [5.74, 6) is 0.501. The molecule has 0 aliphatic heterocycles. The first kappa shape index (κ1) is 8.23. The van der Waals surface area contributed by atoms with Gasteiger partial charge in [0.15, 0.2) is 0 Å². The molecule has 2 aromatic heterocycles. The number of nitrogens with zero attached hydrogens (tertiary/aromatic N) is 1. The van der Waals surface area contributed by atoms with Crippen LogP contribution >= 0.6 is 34.3 Å². The number of halogens is 1. The first-order valence-electron chi connectivity index (χ1n) is 3.43. The molecule has 2 aromatic rings. The van der Waals surface area contributed by atoms with Crippen molar-refractivity contribution in [2.24, 2.45) is 0 Å². The summed E-state index contributed by atoms with van der Waals surface area (Å²) in [5.41, 5.74) is 2.16. The van der Waals surface area contributed by atoms with Gasteiger partial charge in [0.1, 0.15) is 5.01 Å². The van der Waals surface area contributed by atoms with E-state index in [2.05, 4.69) is 21.8 Å². The minimum absolute atomic E-state index is 0.501. The standard InChI is InChI=1S/C8H6ClNS2/c9-3-7-5-12-8(10-7)6-1-2-11-4-6/h1-2,4-5H,3H2. The molecule has 4 heteroatoms. The van der Waals surface area contributed by atoms with Gasteiger partial charge in [-0.15, -0.1) is 22.9 Å².